The van der Waals surface area contributed by atoms with Crippen LogP contribution >= 0.6 is 27.3 Å². The maximum absolute atomic E-state index is 10.5. The van der Waals surface area contributed by atoms with Crippen LogP contribution in [0, 0.1) is 0 Å². The number of aliphatic carboxylic acids is 1. The summed E-state index contributed by atoms with van der Waals surface area (Å²) < 4.78 is 0.947. The molecule has 2 rings (SSSR count). The van der Waals surface area contributed by atoms with Crippen molar-refractivity contribution in [1.82, 2.24) is 0 Å². The Bertz CT molecular complexity index is 623. The molecule has 0 fully saturated rings. The van der Waals surface area contributed by atoms with Crippen molar-refractivity contribution in [1.29, 1.82) is 0 Å². The van der Waals surface area contributed by atoms with Gasteiger partial charge in [0.15, 0.2) is 0 Å². The van der Waals surface area contributed by atoms with Gasteiger partial charge in [-0.15, -0.1) is 0 Å². The number of benzene rings is 1. The minimum atomic E-state index is -0.945. The third-order valence-electron chi connectivity index (χ3n) is 2.80. The molecule has 5 heteroatoms. The maximum atomic E-state index is 10.5. The second-order valence-corrected chi connectivity index (χ2v) is 6.00. The first-order valence-electron chi connectivity index (χ1n) is 5.99. The molecule has 0 amide bonds. The standard InChI is InChI=1S/C15H14BrNO2S/c1-17(9-12-6-7-20-10-12)14-4-2-11(8-13(14)16)3-5-15(18)19/h2-8,10H,9H2,1H3,(H,18,19)/b5-3+. The zero-order chi connectivity index (χ0) is 14.5. The molecule has 0 bridgehead atoms. The lowest BCUT2D eigenvalue weighted by Crippen LogP contribution is -2.16. The van der Waals surface area contributed by atoms with Crippen molar-refractivity contribution >= 4 is 45.0 Å². The smallest absolute Gasteiger partial charge is 0.328 e. The lowest BCUT2D eigenvalue weighted by molar-refractivity contribution is -0.131. The summed E-state index contributed by atoms with van der Waals surface area (Å²) in [6, 6.07) is 7.92. The fourth-order valence-electron chi connectivity index (χ4n) is 1.85. The Morgan fingerprint density at radius 1 is 1.45 bits per heavy atom. The number of halogens is 1. The highest BCUT2D eigenvalue weighted by Crippen LogP contribution is 2.28. The van der Waals surface area contributed by atoms with Gasteiger partial charge in [-0.05, 0) is 62.1 Å². The van der Waals surface area contributed by atoms with E-state index in [0.29, 0.717) is 0 Å². The zero-order valence-electron chi connectivity index (χ0n) is 10.9. The van der Waals surface area contributed by atoms with Crippen LogP contribution in [0.4, 0.5) is 5.69 Å². The molecule has 1 heterocycles. The normalized spacial score (nSPS) is 10.9. The Morgan fingerprint density at radius 2 is 2.25 bits per heavy atom. The average molecular weight is 352 g/mol. The van der Waals surface area contributed by atoms with Crippen LogP contribution < -0.4 is 4.90 Å². The van der Waals surface area contributed by atoms with E-state index in [2.05, 4.69) is 37.7 Å². The SMILES string of the molecule is CN(Cc1ccsc1)c1ccc(/C=C/C(=O)O)cc1Br. The van der Waals surface area contributed by atoms with Gasteiger partial charge < -0.3 is 10.0 Å². The maximum Gasteiger partial charge on any atom is 0.328 e. The van der Waals surface area contributed by atoms with Crippen LogP contribution in [0.1, 0.15) is 11.1 Å². The molecule has 0 aliphatic heterocycles. The number of hydrogen-bond donors (Lipinski definition) is 1. The molecule has 1 aromatic heterocycles. The van der Waals surface area contributed by atoms with Crippen LogP contribution in [0.5, 0.6) is 0 Å². The summed E-state index contributed by atoms with van der Waals surface area (Å²) in [5.74, 6) is -0.945. The molecular weight excluding hydrogens is 338 g/mol. The number of hydrogen-bond acceptors (Lipinski definition) is 3. The second kappa shape index (κ2) is 6.72. The molecule has 0 atom stereocenters. The predicted octanol–water partition coefficient (Wildman–Crippen LogP) is 4.24. The Hall–Kier alpha value is -1.59. The number of anilines is 1. The Balaban J connectivity index is 2.14. The number of carboxylic acids is 1. The molecular formula is C15H14BrNO2S. The minimum Gasteiger partial charge on any atom is -0.478 e. The molecule has 0 spiro atoms. The van der Waals surface area contributed by atoms with Gasteiger partial charge in [0, 0.05) is 24.1 Å². The van der Waals surface area contributed by atoms with Gasteiger partial charge >= 0.3 is 5.97 Å². The quantitative estimate of drug-likeness (QED) is 0.818. The van der Waals surface area contributed by atoms with E-state index in [9.17, 15) is 4.79 Å². The lowest BCUT2D eigenvalue weighted by Gasteiger charge is -2.20. The van der Waals surface area contributed by atoms with Gasteiger partial charge in [-0.3, -0.25) is 0 Å². The van der Waals surface area contributed by atoms with Crippen molar-refractivity contribution in [2.75, 3.05) is 11.9 Å². The largest absolute Gasteiger partial charge is 0.478 e. The molecule has 0 unspecified atom stereocenters. The lowest BCUT2D eigenvalue weighted by atomic mass is 10.1. The summed E-state index contributed by atoms with van der Waals surface area (Å²) in [6.07, 6.45) is 2.71. The molecule has 1 N–H and O–H groups in total. The molecule has 20 heavy (non-hydrogen) atoms. The van der Waals surface area contributed by atoms with Crippen LogP contribution in [0.2, 0.25) is 0 Å². The van der Waals surface area contributed by atoms with Crippen molar-refractivity contribution < 1.29 is 9.90 Å². The highest BCUT2D eigenvalue weighted by Gasteiger charge is 2.07. The highest BCUT2D eigenvalue weighted by molar-refractivity contribution is 9.10. The fourth-order valence-corrected chi connectivity index (χ4v) is 3.20. The third-order valence-corrected chi connectivity index (χ3v) is 4.17. The molecule has 3 nitrogen and oxygen atoms in total. The van der Waals surface area contributed by atoms with E-state index < -0.39 is 5.97 Å². The van der Waals surface area contributed by atoms with Gasteiger partial charge in [0.25, 0.3) is 0 Å². The topological polar surface area (TPSA) is 40.5 Å². The van der Waals surface area contributed by atoms with Gasteiger partial charge in [0.1, 0.15) is 0 Å². The molecule has 0 radical (unpaired) electrons. The first-order chi connectivity index (χ1) is 9.56. The van der Waals surface area contributed by atoms with Gasteiger partial charge in [-0.25, -0.2) is 4.79 Å². The number of carboxylic acid groups (broad SMARTS) is 1. The van der Waals surface area contributed by atoms with Gasteiger partial charge in [-0.2, -0.15) is 11.3 Å². The fraction of sp³-hybridized carbons (Fsp3) is 0.133. The van der Waals surface area contributed by atoms with E-state index in [1.807, 2.05) is 25.2 Å². The van der Waals surface area contributed by atoms with Crippen LogP contribution in [-0.2, 0) is 11.3 Å². The summed E-state index contributed by atoms with van der Waals surface area (Å²) in [6.45, 7) is 0.840. The van der Waals surface area contributed by atoms with Gasteiger partial charge in [0.2, 0.25) is 0 Å². The van der Waals surface area contributed by atoms with E-state index in [0.717, 1.165) is 28.3 Å². The number of thiophene rings is 1. The van der Waals surface area contributed by atoms with E-state index in [1.54, 1.807) is 17.4 Å². The number of nitrogens with zero attached hydrogens (tertiary/aromatic N) is 1. The van der Waals surface area contributed by atoms with Crippen molar-refractivity contribution in [3.05, 3.63) is 56.7 Å². The molecule has 0 aliphatic rings. The van der Waals surface area contributed by atoms with Crippen molar-refractivity contribution in [2.24, 2.45) is 0 Å². The van der Waals surface area contributed by atoms with E-state index in [-0.39, 0.29) is 0 Å². The van der Waals surface area contributed by atoms with Crippen LogP contribution in [0.25, 0.3) is 6.08 Å². The Kier molecular flexibility index (Phi) is 4.98. The minimum absolute atomic E-state index is 0.840. The van der Waals surface area contributed by atoms with E-state index in [1.165, 1.54) is 5.56 Å². The molecule has 0 aliphatic carbocycles. The number of rotatable bonds is 5. The molecule has 104 valence electrons. The molecule has 0 saturated heterocycles. The average Bonchev–Trinajstić information content (AvgIpc) is 2.89. The Morgan fingerprint density at radius 3 is 2.85 bits per heavy atom. The predicted molar refractivity (Wildman–Crippen MR) is 87.2 cm³/mol. The monoisotopic (exact) mass is 351 g/mol. The number of carbonyl (C=O) groups is 1. The summed E-state index contributed by atoms with van der Waals surface area (Å²) in [7, 11) is 2.03. The van der Waals surface area contributed by atoms with Crippen molar-refractivity contribution in [3.8, 4) is 0 Å². The van der Waals surface area contributed by atoms with E-state index >= 15 is 0 Å². The summed E-state index contributed by atoms with van der Waals surface area (Å²) in [5.41, 5.74) is 3.20. The van der Waals surface area contributed by atoms with Crippen LogP contribution in [0.15, 0.2) is 45.6 Å². The second-order valence-electron chi connectivity index (χ2n) is 4.37. The van der Waals surface area contributed by atoms with Gasteiger partial charge in [-0.1, -0.05) is 6.07 Å². The summed E-state index contributed by atoms with van der Waals surface area (Å²) >= 11 is 5.23. The van der Waals surface area contributed by atoms with Gasteiger partial charge in [0.05, 0.1) is 5.69 Å². The molecule has 2 aromatic rings. The van der Waals surface area contributed by atoms with Crippen molar-refractivity contribution in [2.45, 2.75) is 6.54 Å². The summed E-state index contributed by atoms with van der Waals surface area (Å²) in [4.78, 5) is 12.7. The summed E-state index contributed by atoms with van der Waals surface area (Å²) in [5, 5.41) is 12.8. The molecule has 1 aromatic carbocycles. The first-order valence-corrected chi connectivity index (χ1v) is 7.72. The zero-order valence-corrected chi connectivity index (χ0v) is 13.3. The highest BCUT2D eigenvalue weighted by atomic mass is 79.9. The van der Waals surface area contributed by atoms with Crippen molar-refractivity contribution in [3.63, 3.8) is 0 Å². The van der Waals surface area contributed by atoms with Crippen LogP contribution in [0.3, 0.4) is 0 Å². The van der Waals surface area contributed by atoms with E-state index in [4.69, 9.17) is 5.11 Å². The Labute approximate surface area is 130 Å². The first kappa shape index (κ1) is 14.8. The molecule has 0 saturated carbocycles. The third kappa shape index (κ3) is 3.95. The van der Waals surface area contributed by atoms with Crippen LogP contribution in [-0.4, -0.2) is 18.1 Å².